The highest BCUT2D eigenvalue weighted by atomic mass is 35.5. The van der Waals surface area contributed by atoms with Crippen LogP contribution in [-0.2, 0) is 4.74 Å². The van der Waals surface area contributed by atoms with Crippen LogP contribution in [0.25, 0.3) is 0 Å². The highest BCUT2D eigenvalue weighted by molar-refractivity contribution is 6.43. The van der Waals surface area contributed by atoms with Crippen molar-refractivity contribution < 1.29 is 4.74 Å². The first-order chi connectivity index (χ1) is 10.7. The maximum absolute atomic E-state index is 6.15. The molecule has 1 atom stereocenters. The van der Waals surface area contributed by atoms with E-state index in [1.807, 2.05) is 18.2 Å². The molecule has 116 valence electrons. The molecule has 1 aliphatic heterocycles. The van der Waals surface area contributed by atoms with Gasteiger partial charge in [0.05, 0.1) is 21.8 Å². The topological polar surface area (TPSA) is 59.1 Å². The molecule has 0 radical (unpaired) electrons. The van der Waals surface area contributed by atoms with Gasteiger partial charge < -0.3 is 15.4 Å². The molecule has 1 fully saturated rings. The second-order valence-electron chi connectivity index (χ2n) is 5.01. The predicted molar refractivity (Wildman–Crippen MR) is 89.2 cm³/mol. The van der Waals surface area contributed by atoms with Crippen molar-refractivity contribution in [3.63, 3.8) is 0 Å². The Balaban J connectivity index is 1.66. The number of hydrogen-bond donors (Lipinski definition) is 2. The summed E-state index contributed by atoms with van der Waals surface area (Å²) in [6, 6.07) is 7.19. The number of aromatic nitrogens is 2. The second kappa shape index (κ2) is 7.13. The lowest BCUT2D eigenvalue weighted by molar-refractivity contribution is 0.120. The molecule has 22 heavy (non-hydrogen) atoms. The molecule has 0 saturated carbocycles. The van der Waals surface area contributed by atoms with Gasteiger partial charge in [-0.25, -0.2) is 4.98 Å². The summed E-state index contributed by atoms with van der Waals surface area (Å²) in [7, 11) is 0. The van der Waals surface area contributed by atoms with E-state index in [-0.39, 0.29) is 6.10 Å². The van der Waals surface area contributed by atoms with E-state index in [9.17, 15) is 0 Å². The summed E-state index contributed by atoms with van der Waals surface area (Å²) in [4.78, 5) is 8.60. The second-order valence-corrected chi connectivity index (χ2v) is 5.79. The zero-order chi connectivity index (χ0) is 15.4. The van der Waals surface area contributed by atoms with Crippen LogP contribution in [0.3, 0.4) is 0 Å². The van der Waals surface area contributed by atoms with Crippen molar-refractivity contribution in [2.45, 2.75) is 18.9 Å². The van der Waals surface area contributed by atoms with Gasteiger partial charge in [0.2, 0.25) is 5.95 Å². The number of nitrogens with one attached hydrogen (secondary N) is 2. The lowest BCUT2D eigenvalue weighted by atomic mass is 10.2. The summed E-state index contributed by atoms with van der Waals surface area (Å²) in [6.45, 7) is 1.59. The van der Waals surface area contributed by atoms with E-state index in [1.54, 1.807) is 12.3 Å². The number of anilines is 3. The molecule has 1 unspecified atom stereocenters. The zero-order valence-corrected chi connectivity index (χ0v) is 13.4. The number of halogens is 2. The molecular weight excluding hydrogens is 323 g/mol. The molecule has 2 N–H and O–H groups in total. The largest absolute Gasteiger partial charge is 0.376 e. The molecule has 1 aromatic heterocycles. The Morgan fingerprint density at radius 2 is 2.18 bits per heavy atom. The van der Waals surface area contributed by atoms with Crippen LogP contribution < -0.4 is 10.6 Å². The molecule has 0 aliphatic carbocycles. The first kappa shape index (κ1) is 15.3. The van der Waals surface area contributed by atoms with Gasteiger partial charge in [0, 0.05) is 19.3 Å². The van der Waals surface area contributed by atoms with E-state index >= 15 is 0 Å². The summed E-state index contributed by atoms with van der Waals surface area (Å²) in [6.07, 6.45) is 4.15. The quantitative estimate of drug-likeness (QED) is 0.858. The summed E-state index contributed by atoms with van der Waals surface area (Å²) in [5.74, 6) is 1.20. The Kier molecular flexibility index (Phi) is 4.97. The summed E-state index contributed by atoms with van der Waals surface area (Å²) in [5.41, 5.74) is 0.672. The fourth-order valence-electron chi connectivity index (χ4n) is 2.26. The summed E-state index contributed by atoms with van der Waals surface area (Å²) >= 11 is 12.1. The van der Waals surface area contributed by atoms with Gasteiger partial charge in [0.15, 0.2) is 0 Å². The van der Waals surface area contributed by atoms with E-state index < -0.39 is 0 Å². The van der Waals surface area contributed by atoms with Crippen molar-refractivity contribution in [3.05, 3.63) is 40.5 Å². The predicted octanol–water partition coefficient (Wildman–Crippen LogP) is 4.12. The lowest BCUT2D eigenvalue weighted by Crippen LogP contribution is -2.19. The molecule has 0 amide bonds. The molecule has 0 bridgehead atoms. The number of hydrogen-bond acceptors (Lipinski definition) is 5. The lowest BCUT2D eigenvalue weighted by Gasteiger charge is -2.12. The van der Waals surface area contributed by atoms with Gasteiger partial charge in [-0.2, -0.15) is 4.98 Å². The number of ether oxygens (including phenoxy) is 1. The van der Waals surface area contributed by atoms with Crippen LogP contribution in [-0.4, -0.2) is 29.2 Å². The molecule has 1 saturated heterocycles. The van der Waals surface area contributed by atoms with Gasteiger partial charge >= 0.3 is 0 Å². The van der Waals surface area contributed by atoms with Crippen LogP contribution in [0.5, 0.6) is 0 Å². The average molecular weight is 339 g/mol. The van der Waals surface area contributed by atoms with Crippen LogP contribution in [0, 0.1) is 0 Å². The molecule has 3 rings (SSSR count). The van der Waals surface area contributed by atoms with Crippen molar-refractivity contribution >= 4 is 40.7 Å². The summed E-state index contributed by atoms with van der Waals surface area (Å²) in [5, 5.41) is 7.27. The van der Waals surface area contributed by atoms with E-state index in [0.717, 1.165) is 31.8 Å². The molecule has 0 spiro atoms. The van der Waals surface area contributed by atoms with Crippen molar-refractivity contribution in [2.75, 3.05) is 23.8 Å². The molecular formula is C15H16Cl2N4O. The Labute approximate surface area is 139 Å². The van der Waals surface area contributed by atoms with E-state index in [4.69, 9.17) is 27.9 Å². The van der Waals surface area contributed by atoms with Crippen LogP contribution in [0.2, 0.25) is 10.0 Å². The van der Waals surface area contributed by atoms with Crippen molar-refractivity contribution in [2.24, 2.45) is 0 Å². The standard InChI is InChI=1S/C15H16Cl2N4O/c16-11-4-1-5-12(14(11)17)20-15-18-7-6-13(21-15)19-9-10-3-2-8-22-10/h1,4-7,10H,2-3,8-9H2,(H2,18,19,20,21). The van der Waals surface area contributed by atoms with Gasteiger partial charge in [0.1, 0.15) is 5.82 Å². The summed E-state index contributed by atoms with van der Waals surface area (Å²) < 4.78 is 5.58. The van der Waals surface area contributed by atoms with Gasteiger partial charge in [-0.1, -0.05) is 29.3 Å². The molecule has 1 aromatic carbocycles. The normalized spacial score (nSPS) is 17.5. The van der Waals surface area contributed by atoms with Crippen LogP contribution in [0.4, 0.5) is 17.5 Å². The van der Waals surface area contributed by atoms with E-state index in [2.05, 4.69) is 20.6 Å². The minimum absolute atomic E-state index is 0.258. The third-order valence-corrected chi connectivity index (χ3v) is 4.21. The van der Waals surface area contributed by atoms with E-state index in [0.29, 0.717) is 21.7 Å². The van der Waals surface area contributed by atoms with Crippen LogP contribution in [0.15, 0.2) is 30.5 Å². The minimum atomic E-state index is 0.258. The van der Waals surface area contributed by atoms with Gasteiger partial charge in [-0.05, 0) is 31.0 Å². The highest BCUT2D eigenvalue weighted by Gasteiger charge is 2.15. The zero-order valence-electron chi connectivity index (χ0n) is 11.9. The fraction of sp³-hybridized carbons (Fsp3) is 0.333. The Morgan fingerprint density at radius 3 is 3.00 bits per heavy atom. The number of rotatable bonds is 5. The highest BCUT2D eigenvalue weighted by Crippen LogP contribution is 2.31. The first-order valence-electron chi connectivity index (χ1n) is 7.12. The Bertz CT molecular complexity index is 647. The minimum Gasteiger partial charge on any atom is -0.376 e. The number of benzene rings is 1. The molecule has 1 aliphatic rings. The third-order valence-electron chi connectivity index (χ3n) is 3.39. The average Bonchev–Trinajstić information content (AvgIpc) is 3.04. The number of nitrogens with zero attached hydrogens (tertiary/aromatic N) is 2. The first-order valence-corrected chi connectivity index (χ1v) is 7.87. The third kappa shape index (κ3) is 3.80. The van der Waals surface area contributed by atoms with Gasteiger partial charge in [-0.15, -0.1) is 0 Å². The molecule has 7 heteroatoms. The van der Waals surface area contributed by atoms with Crippen LogP contribution in [0.1, 0.15) is 12.8 Å². The van der Waals surface area contributed by atoms with Gasteiger partial charge in [0.25, 0.3) is 0 Å². The smallest absolute Gasteiger partial charge is 0.229 e. The fourth-order valence-corrected chi connectivity index (χ4v) is 2.61. The molecule has 5 nitrogen and oxygen atoms in total. The van der Waals surface area contributed by atoms with Gasteiger partial charge in [-0.3, -0.25) is 0 Å². The monoisotopic (exact) mass is 338 g/mol. The van der Waals surface area contributed by atoms with Crippen molar-refractivity contribution in [1.82, 2.24) is 9.97 Å². The van der Waals surface area contributed by atoms with Crippen LogP contribution >= 0.6 is 23.2 Å². The Hall–Kier alpha value is -1.56. The molecule has 2 aromatic rings. The van der Waals surface area contributed by atoms with Crippen molar-refractivity contribution in [1.29, 1.82) is 0 Å². The Morgan fingerprint density at radius 1 is 1.27 bits per heavy atom. The van der Waals surface area contributed by atoms with Crippen molar-refractivity contribution in [3.8, 4) is 0 Å². The SMILES string of the molecule is Clc1cccc(Nc2nccc(NCC3CCCO3)n2)c1Cl. The van der Waals surface area contributed by atoms with E-state index in [1.165, 1.54) is 0 Å². The molecule has 2 heterocycles. The maximum atomic E-state index is 6.15. The maximum Gasteiger partial charge on any atom is 0.229 e.